The Bertz CT molecular complexity index is 415. The Hall–Kier alpha value is -0.620. The van der Waals surface area contributed by atoms with Crippen LogP contribution in [0.25, 0.3) is 0 Å². The highest BCUT2D eigenvalue weighted by atomic mass is 32.2. The van der Waals surface area contributed by atoms with Crippen LogP contribution < -0.4 is 5.32 Å². The molecule has 0 amide bonds. The zero-order valence-electron chi connectivity index (χ0n) is 10.2. The van der Waals surface area contributed by atoms with Gasteiger partial charge in [0.2, 0.25) is 0 Å². The van der Waals surface area contributed by atoms with Gasteiger partial charge in [-0.05, 0) is 32.1 Å². The lowest BCUT2D eigenvalue weighted by molar-refractivity contribution is -0.148. The molecule has 2 fully saturated rings. The molecular formula is C11H19NO4S. The molecule has 0 aromatic rings. The van der Waals surface area contributed by atoms with Crippen LogP contribution in [0.1, 0.15) is 32.1 Å². The van der Waals surface area contributed by atoms with Crippen molar-refractivity contribution in [1.29, 1.82) is 0 Å². The summed E-state index contributed by atoms with van der Waals surface area (Å²) in [6.07, 6.45) is 5.05. The van der Waals surface area contributed by atoms with E-state index in [1.165, 1.54) is 13.4 Å². The van der Waals surface area contributed by atoms with Crippen LogP contribution in [0, 0.1) is 0 Å². The monoisotopic (exact) mass is 261 g/mol. The van der Waals surface area contributed by atoms with Gasteiger partial charge in [0.15, 0.2) is 9.84 Å². The van der Waals surface area contributed by atoms with Crippen molar-refractivity contribution in [3.8, 4) is 0 Å². The van der Waals surface area contributed by atoms with E-state index < -0.39 is 26.6 Å². The number of ether oxygens (including phenoxy) is 1. The Balaban J connectivity index is 2.33. The van der Waals surface area contributed by atoms with Gasteiger partial charge in [-0.1, -0.05) is 0 Å². The van der Waals surface area contributed by atoms with E-state index in [1.54, 1.807) is 0 Å². The molecule has 0 heterocycles. The molecule has 98 valence electrons. The average molecular weight is 261 g/mol. The molecule has 0 aliphatic heterocycles. The van der Waals surface area contributed by atoms with Gasteiger partial charge in [0.05, 0.1) is 12.4 Å². The second-order valence-corrected chi connectivity index (χ2v) is 7.32. The molecule has 2 aliphatic carbocycles. The van der Waals surface area contributed by atoms with E-state index in [2.05, 4.69) is 5.32 Å². The summed E-state index contributed by atoms with van der Waals surface area (Å²) in [5.74, 6) is -0.433. The van der Waals surface area contributed by atoms with Crippen LogP contribution in [0.2, 0.25) is 0 Å². The maximum atomic E-state index is 12.0. The molecule has 6 heteroatoms. The molecule has 2 atom stereocenters. The average Bonchev–Trinajstić information content (AvgIpc) is 2.92. The first-order valence-electron chi connectivity index (χ1n) is 5.95. The van der Waals surface area contributed by atoms with Gasteiger partial charge in [-0.3, -0.25) is 10.1 Å². The van der Waals surface area contributed by atoms with Crippen molar-refractivity contribution < 1.29 is 17.9 Å². The summed E-state index contributed by atoms with van der Waals surface area (Å²) in [7, 11) is -1.93. The Labute approximate surface area is 102 Å². The molecule has 1 N–H and O–H groups in total. The highest BCUT2D eigenvalue weighted by Gasteiger charge is 2.56. The zero-order valence-corrected chi connectivity index (χ0v) is 11.0. The van der Waals surface area contributed by atoms with Gasteiger partial charge < -0.3 is 4.74 Å². The fourth-order valence-electron chi connectivity index (χ4n) is 2.78. The van der Waals surface area contributed by atoms with Crippen molar-refractivity contribution in [3.63, 3.8) is 0 Å². The number of rotatable bonds is 4. The first kappa shape index (κ1) is 12.8. The van der Waals surface area contributed by atoms with Crippen LogP contribution in [-0.2, 0) is 19.4 Å². The molecule has 5 nitrogen and oxygen atoms in total. The Kier molecular flexibility index (Phi) is 3.20. The normalized spacial score (nSPS) is 33.6. The summed E-state index contributed by atoms with van der Waals surface area (Å²) in [5.41, 5.74) is -1.01. The molecule has 2 unspecified atom stereocenters. The maximum Gasteiger partial charge on any atom is 0.327 e. The third-order valence-corrected chi connectivity index (χ3v) is 5.36. The number of sulfone groups is 1. The summed E-state index contributed by atoms with van der Waals surface area (Å²) < 4.78 is 28.5. The quantitative estimate of drug-likeness (QED) is 0.734. The third-order valence-electron chi connectivity index (χ3n) is 3.69. The number of esters is 1. The molecule has 0 bridgehead atoms. The van der Waals surface area contributed by atoms with Gasteiger partial charge in [-0.25, -0.2) is 8.42 Å². The molecular weight excluding hydrogens is 242 g/mol. The standard InChI is InChI=1S/C11H19NO4S/c1-16-10(13)11(12-8-5-6-8)7-3-4-9(11)17(2,14)15/h8-9,12H,3-7H2,1-2H3. The highest BCUT2D eigenvalue weighted by molar-refractivity contribution is 7.91. The molecule has 0 radical (unpaired) electrons. The van der Waals surface area contributed by atoms with Crippen LogP contribution in [0.3, 0.4) is 0 Å². The first-order valence-corrected chi connectivity index (χ1v) is 7.90. The number of methoxy groups -OCH3 is 1. The summed E-state index contributed by atoms with van der Waals surface area (Å²) in [6.45, 7) is 0. The van der Waals surface area contributed by atoms with Crippen LogP contribution in [0.15, 0.2) is 0 Å². The van der Waals surface area contributed by atoms with Gasteiger partial charge in [-0.15, -0.1) is 0 Å². The largest absolute Gasteiger partial charge is 0.468 e. The molecule has 0 aromatic heterocycles. The van der Waals surface area contributed by atoms with Gasteiger partial charge in [-0.2, -0.15) is 0 Å². The lowest BCUT2D eigenvalue weighted by Gasteiger charge is -2.32. The van der Waals surface area contributed by atoms with Crippen molar-refractivity contribution in [2.45, 2.75) is 48.9 Å². The third kappa shape index (κ3) is 2.33. The van der Waals surface area contributed by atoms with Crippen LogP contribution in [0.4, 0.5) is 0 Å². The van der Waals surface area contributed by atoms with Gasteiger partial charge >= 0.3 is 5.97 Å². The summed E-state index contributed by atoms with van der Waals surface area (Å²) in [6, 6.07) is 0.274. The number of hydrogen-bond acceptors (Lipinski definition) is 5. The number of nitrogens with one attached hydrogen (secondary N) is 1. The lowest BCUT2D eigenvalue weighted by Crippen LogP contribution is -2.60. The molecule has 0 spiro atoms. The molecule has 0 aromatic carbocycles. The Morgan fingerprint density at radius 1 is 1.35 bits per heavy atom. The first-order chi connectivity index (χ1) is 7.90. The van der Waals surface area contributed by atoms with Gasteiger partial charge in [0.1, 0.15) is 5.54 Å². The second-order valence-electron chi connectivity index (χ2n) is 5.09. The van der Waals surface area contributed by atoms with Crippen LogP contribution in [-0.4, -0.2) is 44.6 Å². The van der Waals surface area contributed by atoms with E-state index in [0.717, 1.165) is 19.3 Å². The number of carbonyl (C=O) groups is 1. The fraction of sp³-hybridized carbons (Fsp3) is 0.909. The van der Waals surface area contributed by atoms with Gasteiger partial charge in [0, 0.05) is 12.3 Å². The molecule has 17 heavy (non-hydrogen) atoms. The summed E-state index contributed by atoms with van der Waals surface area (Å²) in [4.78, 5) is 12.0. The fourth-order valence-corrected chi connectivity index (χ4v) is 4.39. The van der Waals surface area contributed by atoms with Crippen molar-refractivity contribution in [3.05, 3.63) is 0 Å². The van der Waals surface area contributed by atoms with E-state index in [1.807, 2.05) is 0 Å². The van der Waals surface area contributed by atoms with Crippen molar-refractivity contribution in [1.82, 2.24) is 5.32 Å². The molecule has 2 saturated carbocycles. The maximum absolute atomic E-state index is 12.0. The number of hydrogen-bond donors (Lipinski definition) is 1. The van der Waals surface area contributed by atoms with Crippen LogP contribution in [0.5, 0.6) is 0 Å². The topological polar surface area (TPSA) is 72.5 Å². The predicted octanol–water partition coefficient (Wildman–Crippen LogP) is 0.247. The van der Waals surface area contributed by atoms with E-state index in [4.69, 9.17) is 4.74 Å². The minimum Gasteiger partial charge on any atom is -0.468 e. The smallest absolute Gasteiger partial charge is 0.327 e. The van der Waals surface area contributed by atoms with Crippen molar-refractivity contribution >= 4 is 15.8 Å². The predicted molar refractivity (Wildman–Crippen MR) is 63.4 cm³/mol. The van der Waals surface area contributed by atoms with E-state index in [9.17, 15) is 13.2 Å². The number of carbonyl (C=O) groups excluding carboxylic acids is 1. The summed E-state index contributed by atoms with van der Waals surface area (Å²) in [5, 5.41) is 2.57. The lowest BCUT2D eigenvalue weighted by atomic mass is 9.97. The molecule has 0 saturated heterocycles. The van der Waals surface area contributed by atoms with E-state index in [-0.39, 0.29) is 6.04 Å². The van der Waals surface area contributed by atoms with Crippen LogP contribution >= 0.6 is 0 Å². The minimum atomic E-state index is -3.25. The SMILES string of the molecule is COC(=O)C1(NC2CC2)CCCC1S(C)(=O)=O. The molecule has 2 rings (SSSR count). The second kappa shape index (κ2) is 4.24. The Morgan fingerprint density at radius 2 is 2.00 bits per heavy atom. The summed E-state index contributed by atoms with van der Waals surface area (Å²) >= 11 is 0. The molecule has 2 aliphatic rings. The highest BCUT2D eigenvalue weighted by Crippen LogP contribution is 2.38. The van der Waals surface area contributed by atoms with Crippen molar-refractivity contribution in [2.24, 2.45) is 0 Å². The van der Waals surface area contributed by atoms with E-state index >= 15 is 0 Å². The van der Waals surface area contributed by atoms with Gasteiger partial charge in [0.25, 0.3) is 0 Å². The minimum absolute atomic E-state index is 0.274. The Morgan fingerprint density at radius 3 is 2.47 bits per heavy atom. The van der Waals surface area contributed by atoms with Crippen molar-refractivity contribution in [2.75, 3.05) is 13.4 Å². The van der Waals surface area contributed by atoms with E-state index in [0.29, 0.717) is 12.8 Å². The zero-order chi connectivity index (χ0) is 12.7.